The third-order valence-corrected chi connectivity index (χ3v) is 4.03. The highest BCUT2D eigenvalue weighted by Crippen LogP contribution is 2.22. The Hall–Kier alpha value is -3.02. The standard InChI is InChI=1S/C20H23N3O3/c1-14(16-7-9-17(10-8-16)20(2,3)4)21-22-19(24)13-15-5-11-18(12-6-15)23(25)26/h5-12H,13H2,1-4H3,(H,22,24)/b21-14-. The highest BCUT2D eigenvalue weighted by molar-refractivity contribution is 5.99. The van der Waals surface area contributed by atoms with Gasteiger partial charge < -0.3 is 0 Å². The Morgan fingerprint density at radius 1 is 1.08 bits per heavy atom. The fourth-order valence-corrected chi connectivity index (χ4v) is 2.38. The Morgan fingerprint density at radius 2 is 1.65 bits per heavy atom. The molecule has 0 heterocycles. The van der Waals surface area contributed by atoms with Crippen LogP contribution in [0.2, 0.25) is 0 Å². The quantitative estimate of drug-likeness (QED) is 0.501. The molecule has 2 rings (SSSR count). The summed E-state index contributed by atoms with van der Waals surface area (Å²) < 4.78 is 0. The zero-order valence-electron chi connectivity index (χ0n) is 15.4. The van der Waals surface area contributed by atoms with Gasteiger partial charge in [-0.3, -0.25) is 14.9 Å². The van der Waals surface area contributed by atoms with E-state index in [9.17, 15) is 14.9 Å². The maximum absolute atomic E-state index is 12.0. The summed E-state index contributed by atoms with van der Waals surface area (Å²) >= 11 is 0. The summed E-state index contributed by atoms with van der Waals surface area (Å²) in [6.45, 7) is 8.29. The van der Waals surface area contributed by atoms with E-state index in [0.717, 1.165) is 5.56 Å². The van der Waals surface area contributed by atoms with Gasteiger partial charge in [0, 0.05) is 12.1 Å². The maximum atomic E-state index is 12.0. The Labute approximate surface area is 153 Å². The SMILES string of the molecule is C/C(=N/NC(=O)Cc1ccc([N+](=O)[O-])cc1)c1ccc(C(C)(C)C)cc1. The Morgan fingerprint density at radius 3 is 2.15 bits per heavy atom. The first-order chi connectivity index (χ1) is 12.2. The van der Waals surface area contributed by atoms with Crippen molar-refractivity contribution < 1.29 is 9.72 Å². The van der Waals surface area contributed by atoms with Crippen molar-refractivity contribution in [3.63, 3.8) is 0 Å². The van der Waals surface area contributed by atoms with Crippen LogP contribution < -0.4 is 5.43 Å². The van der Waals surface area contributed by atoms with Crippen LogP contribution in [-0.4, -0.2) is 16.5 Å². The maximum Gasteiger partial charge on any atom is 0.269 e. The molecule has 0 aromatic heterocycles. The number of hydrogen-bond acceptors (Lipinski definition) is 4. The zero-order chi connectivity index (χ0) is 19.3. The summed E-state index contributed by atoms with van der Waals surface area (Å²) in [6, 6.07) is 14.0. The van der Waals surface area contributed by atoms with Gasteiger partial charge in [0.15, 0.2) is 0 Å². The molecule has 0 saturated heterocycles. The van der Waals surface area contributed by atoms with E-state index in [2.05, 4.69) is 43.4 Å². The molecule has 6 heteroatoms. The van der Waals surface area contributed by atoms with Gasteiger partial charge >= 0.3 is 0 Å². The van der Waals surface area contributed by atoms with Crippen LogP contribution in [0.15, 0.2) is 53.6 Å². The number of nitrogens with zero attached hydrogens (tertiary/aromatic N) is 2. The largest absolute Gasteiger partial charge is 0.273 e. The minimum Gasteiger partial charge on any atom is -0.273 e. The van der Waals surface area contributed by atoms with Gasteiger partial charge in [0.2, 0.25) is 5.91 Å². The van der Waals surface area contributed by atoms with Crippen LogP contribution in [0.25, 0.3) is 0 Å². The topological polar surface area (TPSA) is 84.6 Å². The predicted molar refractivity (Wildman–Crippen MR) is 102 cm³/mol. The van der Waals surface area contributed by atoms with E-state index >= 15 is 0 Å². The van der Waals surface area contributed by atoms with Gasteiger partial charge in [0.1, 0.15) is 0 Å². The second-order valence-corrected chi connectivity index (χ2v) is 7.16. The van der Waals surface area contributed by atoms with E-state index in [1.807, 2.05) is 19.1 Å². The number of hydrazone groups is 1. The molecule has 0 atom stereocenters. The third-order valence-electron chi connectivity index (χ3n) is 4.03. The summed E-state index contributed by atoms with van der Waals surface area (Å²) in [5.41, 5.74) is 6.19. The van der Waals surface area contributed by atoms with Crippen molar-refractivity contribution >= 4 is 17.3 Å². The molecule has 2 aromatic carbocycles. The van der Waals surface area contributed by atoms with E-state index in [1.54, 1.807) is 12.1 Å². The molecular formula is C20H23N3O3. The smallest absolute Gasteiger partial charge is 0.269 e. The van der Waals surface area contributed by atoms with E-state index in [1.165, 1.54) is 17.7 Å². The number of hydrogen-bond donors (Lipinski definition) is 1. The number of non-ortho nitro benzene ring substituents is 1. The molecule has 0 fully saturated rings. The van der Waals surface area contributed by atoms with Crippen molar-refractivity contribution in [1.29, 1.82) is 0 Å². The number of carbonyl (C=O) groups excluding carboxylic acids is 1. The monoisotopic (exact) mass is 353 g/mol. The third kappa shape index (κ3) is 5.24. The van der Waals surface area contributed by atoms with Gasteiger partial charge in [0.05, 0.1) is 17.1 Å². The van der Waals surface area contributed by atoms with Crippen molar-refractivity contribution in [1.82, 2.24) is 5.43 Å². The first-order valence-electron chi connectivity index (χ1n) is 8.34. The summed E-state index contributed by atoms with van der Waals surface area (Å²) in [6.07, 6.45) is 0.109. The molecule has 0 bridgehead atoms. The number of rotatable bonds is 5. The van der Waals surface area contributed by atoms with Gasteiger partial charge in [-0.25, -0.2) is 5.43 Å². The molecule has 0 aliphatic heterocycles. The summed E-state index contributed by atoms with van der Waals surface area (Å²) in [5, 5.41) is 14.8. The van der Waals surface area contributed by atoms with Gasteiger partial charge in [-0.15, -0.1) is 0 Å². The molecule has 1 amide bonds. The molecule has 0 unspecified atom stereocenters. The van der Waals surface area contributed by atoms with Gasteiger partial charge in [-0.2, -0.15) is 5.10 Å². The molecule has 1 N–H and O–H groups in total. The van der Waals surface area contributed by atoms with Crippen LogP contribution in [0.4, 0.5) is 5.69 Å². The fourth-order valence-electron chi connectivity index (χ4n) is 2.38. The number of nitro groups is 1. The lowest BCUT2D eigenvalue weighted by molar-refractivity contribution is -0.384. The first-order valence-corrected chi connectivity index (χ1v) is 8.34. The zero-order valence-corrected chi connectivity index (χ0v) is 15.4. The van der Waals surface area contributed by atoms with Crippen molar-refractivity contribution in [2.75, 3.05) is 0 Å². The molecule has 6 nitrogen and oxygen atoms in total. The normalized spacial score (nSPS) is 11.9. The molecular weight excluding hydrogens is 330 g/mol. The number of nitrogens with one attached hydrogen (secondary N) is 1. The Balaban J connectivity index is 1.97. The van der Waals surface area contributed by atoms with E-state index in [4.69, 9.17) is 0 Å². The number of carbonyl (C=O) groups is 1. The summed E-state index contributed by atoms with van der Waals surface area (Å²) in [4.78, 5) is 22.2. The second kappa shape index (κ2) is 7.91. The second-order valence-electron chi connectivity index (χ2n) is 7.16. The van der Waals surface area contributed by atoms with Crippen LogP contribution in [0.1, 0.15) is 44.4 Å². The number of amides is 1. The average Bonchev–Trinajstić information content (AvgIpc) is 2.59. The van der Waals surface area contributed by atoms with Gasteiger partial charge in [-0.1, -0.05) is 57.2 Å². The molecule has 0 aliphatic carbocycles. The molecule has 2 aromatic rings. The Kier molecular flexibility index (Phi) is 5.87. The van der Waals surface area contributed by atoms with Crippen molar-refractivity contribution in [3.8, 4) is 0 Å². The average molecular weight is 353 g/mol. The molecule has 136 valence electrons. The van der Waals surface area contributed by atoms with Crippen molar-refractivity contribution in [3.05, 3.63) is 75.3 Å². The van der Waals surface area contributed by atoms with Crippen LogP contribution >= 0.6 is 0 Å². The molecule has 0 saturated carbocycles. The minimum absolute atomic E-state index is 0.00160. The lowest BCUT2D eigenvalue weighted by atomic mass is 9.86. The Bertz CT molecular complexity index is 817. The van der Waals surface area contributed by atoms with E-state index in [-0.39, 0.29) is 23.4 Å². The minimum atomic E-state index is -0.470. The summed E-state index contributed by atoms with van der Waals surface area (Å²) in [5.74, 6) is -0.274. The molecule has 0 aliphatic rings. The van der Waals surface area contributed by atoms with Crippen LogP contribution in [0.3, 0.4) is 0 Å². The lowest BCUT2D eigenvalue weighted by Gasteiger charge is -2.19. The highest BCUT2D eigenvalue weighted by Gasteiger charge is 2.13. The number of nitro benzene ring substituents is 1. The fraction of sp³-hybridized carbons (Fsp3) is 0.300. The molecule has 0 spiro atoms. The molecule has 26 heavy (non-hydrogen) atoms. The summed E-state index contributed by atoms with van der Waals surface area (Å²) in [7, 11) is 0. The van der Waals surface area contributed by atoms with Gasteiger partial charge in [0.25, 0.3) is 5.69 Å². The number of benzene rings is 2. The van der Waals surface area contributed by atoms with E-state index in [0.29, 0.717) is 11.3 Å². The van der Waals surface area contributed by atoms with Crippen molar-refractivity contribution in [2.24, 2.45) is 5.10 Å². The van der Waals surface area contributed by atoms with Gasteiger partial charge in [-0.05, 0) is 29.0 Å². The van der Waals surface area contributed by atoms with Crippen LogP contribution in [0.5, 0.6) is 0 Å². The lowest BCUT2D eigenvalue weighted by Crippen LogP contribution is -2.21. The van der Waals surface area contributed by atoms with Crippen molar-refractivity contribution in [2.45, 2.75) is 39.5 Å². The highest BCUT2D eigenvalue weighted by atomic mass is 16.6. The van der Waals surface area contributed by atoms with Crippen LogP contribution in [0, 0.1) is 10.1 Å². The predicted octanol–water partition coefficient (Wildman–Crippen LogP) is 3.98. The van der Waals surface area contributed by atoms with E-state index < -0.39 is 4.92 Å². The van der Waals surface area contributed by atoms with Crippen LogP contribution in [-0.2, 0) is 16.6 Å². The first kappa shape index (κ1) is 19.3. The molecule has 0 radical (unpaired) electrons.